The van der Waals surface area contributed by atoms with E-state index >= 15 is 0 Å². The molecule has 0 spiro atoms. The first-order valence-electron chi connectivity index (χ1n) is 17.9. The highest BCUT2D eigenvalue weighted by molar-refractivity contribution is 5.85. The molecule has 2 fully saturated rings. The molecule has 0 unspecified atom stereocenters. The maximum Gasteiger partial charge on any atom is 0.236 e. The molecule has 1 saturated carbocycles. The van der Waals surface area contributed by atoms with Crippen LogP contribution in [0.2, 0.25) is 0 Å². The summed E-state index contributed by atoms with van der Waals surface area (Å²) in [6, 6.07) is 28.8. The van der Waals surface area contributed by atoms with E-state index in [1.165, 1.54) is 51.6 Å². The van der Waals surface area contributed by atoms with Gasteiger partial charge in [-0.3, -0.25) is 14.4 Å². The summed E-state index contributed by atoms with van der Waals surface area (Å²) in [6.45, 7) is 4.31. The molecule has 3 aromatic carbocycles. The molecule has 3 amide bonds. The lowest BCUT2D eigenvalue weighted by molar-refractivity contribution is -0.124. The number of nitrogens with one attached hydrogen (secondary N) is 3. The van der Waals surface area contributed by atoms with E-state index in [0.29, 0.717) is 12.5 Å². The van der Waals surface area contributed by atoms with Crippen molar-refractivity contribution in [2.45, 2.75) is 75.8 Å². The minimum Gasteiger partial charge on any atom is -0.356 e. The molecule has 1 heterocycles. The molecule has 5 N–H and O–H groups in total. The standard InChI is InChI=1S/C40H53N5O3.ClH/c41-36(39(48)42-26-25-37(46)43-28-32-16-13-27-45(30-32)29-31-14-5-1-6-15-31)23-24-38(47)44-40(33-17-7-2-8-18-33,34-19-9-3-10-20-34)35-21-11-4-12-22-35;/h2-4,7-12,17-22,31-32,36H,1,5-6,13-16,23-30,41H2,(H,42,48)(H,43,46)(H,44,47);1H/t32-,36+;/m1./s1. The van der Waals surface area contributed by atoms with Crippen LogP contribution in [0.3, 0.4) is 0 Å². The fourth-order valence-corrected chi connectivity index (χ4v) is 7.47. The maximum absolute atomic E-state index is 13.6. The number of carbonyl (C=O) groups excluding carboxylic acids is 3. The largest absolute Gasteiger partial charge is 0.356 e. The smallest absolute Gasteiger partial charge is 0.236 e. The van der Waals surface area contributed by atoms with E-state index in [1.807, 2.05) is 91.0 Å². The van der Waals surface area contributed by atoms with Gasteiger partial charge in [-0.2, -0.15) is 0 Å². The predicted molar refractivity (Wildman–Crippen MR) is 198 cm³/mol. The van der Waals surface area contributed by atoms with Gasteiger partial charge in [0.15, 0.2) is 0 Å². The fourth-order valence-electron chi connectivity index (χ4n) is 7.47. The van der Waals surface area contributed by atoms with Crippen LogP contribution in [0.15, 0.2) is 91.0 Å². The number of halogens is 1. The van der Waals surface area contributed by atoms with Gasteiger partial charge < -0.3 is 26.6 Å². The number of likely N-dealkylation sites (tertiary alicyclic amines) is 1. The number of hydrogen-bond donors (Lipinski definition) is 4. The summed E-state index contributed by atoms with van der Waals surface area (Å²) in [4.78, 5) is 41.5. The summed E-state index contributed by atoms with van der Waals surface area (Å²) in [5, 5.41) is 9.18. The number of hydrogen-bond acceptors (Lipinski definition) is 5. The van der Waals surface area contributed by atoms with Crippen molar-refractivity contribution in [3.05, 3.63) is 108 Å². The Morgan fingerprint density at radius 1 is 0.714 bits per heavy atom. The molecule has 8 nitrogen and oxygen atoms in total. The van der Waals surface area contributed by atoms with Crippen molar-refractivity contribution in [3.63, 3.8) is 0 Å². The minimum atomic E-state index is -0.925. The van der Waals surface area contributed by atoms with E-state index in [1.54, 1.807) is 0 Å². The molecule has 0 radical (unpaired) electrons. The Hall–Kier alpha value is -3.72. The summed E-state index contributed by atoms with van der Waals surface area (Å²) >= 11 is 0. The van der Waals surface area contributed by atoms with Crippen LogP contribution < -0.4 is 21.7 Å². The average molecular weight is 688 g/mol. The lowest BCUT2D eigenvalue weighted by atomic mass is 9.77. The molecule has 0 aromatic heterocycles. The molecule has 3 aromatic rings. The highest BCUT2D eigenvalue weighted by atomic mass is 35.5. The first-order valence-corrected chi connectivity index (χ1v) is 17.9. The number of piperidine rings is 1. The summed E-state index contributed by atoms with van der Waals surface area (Å²) < 4.78 is 0. The van der Waals surface area contributed by atoms with Crippen molar-refractivity contribution in [2.24, 2.45) is 17.6 Å². The fraction of sp³-hybridized carbons (Fsp3) is 0.475. The molecule has 2 aliphatic rings. The number of carbonyl (C=O) groups is 3. The third kappa shape index (κ3) is 10.9. The maximum atomic E-state index is 13.6. The summed E-state index contributed by atoms with van der Waals surface area (Å²) in [5.41, 5.74) is 8.08. The second-order valence-corrected chi connectivity index (χ2v) is 13.7. The lowest BCUT2D eigenvalue weighted by Gasteiger charge is -2.37. The average Bonchev–Trinajstić information content (AvgIpc) is 3.13. The number of nitrogens with two attached hydrogens (primary N) is 1. The second-order valence-electron chi connectivity index (χ2n) is 13.7. The van der Waals surface area contributed by atoms with Crippen molar-refractivity contribution in [1.29, 1.82) is 0 Å². The Kier molecular flexibility index (Phi) is 15.1. The van der Waals surface area contributed by atoms with Crippen LogP contribution in [-0.2, 0) is 19.9 Å². The monoisotopic (exact) mass is 687 g/mol. The summed E-state index contributed by atoms with van der Waals surface area (Å²) in [6.07, 6.45) is 9.62. The van der Waals surface area contributed by atoms with Crippen molar-refractivity contribution >= 4 is 30.1 Å². The SMILES string of the molecule is Cl.N[C@@H](CCC(=O)NC(c1ccccc1)(c1ccccc1)c1ccccc1)C(=O)NCCC(=O)NC[C@H]1CCCN(CC2CCCCC2)C1. The van der Waals surface area contributed by atoms with Crippen LogP contribution in [0.5, 0.6) is 0 Å². The molecule has 9 heteroatoms. The Morgan fingerprint density at radius 3 is 1.84 bits per heavy atom. The second kappa shape index (κ2) is 19.5. The quantitative estimate of drug-likeness (QED) is 0.157. The van der Waals surface area contributed by atoms with Crippen LogP contribution in [0.1, 0.15) is 80.9 Å². The number of amides is 3. The van der Waals surface area contributed by atoms with Gasteiger partial charge in [0.2, 0.25) is 17.7 Å². The molecule has 1 aliphatic heterocycles. The van der Waals surface area contributed by atoms with Crippen LogP contribution in [0.25, 0.3) is 0 Å². The third-order valence-electron chi connectivity index (χ3n) is 10.0. The Labute approximate surface area is 298 Å². The van der Waals surface area contributed by atoms with Crippen molar-refractivity contribution in [1.82, 2.24) is 20.9 Å². The van der Waals surface area contributed by atoms with Gasteiger partial charge in [-0.25, -0.2) is 0 Å². The topological polar surface area (TPSA) is 117 Å². The molecule has 0 bridgehead atoms. The van der Waals surface area contributed by atoms with Crippen molar-refractivity contribution in [3.8, 4) is 0 Å². The molecule has 1 aliphatic carbocycles. The van der Waals surface area contributed by atoms with Crippen LogP contribution >= 0.6 is 12.4 Å². The van der Waals surface area contributed by atoms with E-state index < -0.39 is 11.6 Å². The number of rotatable bonds is 15. The zero-order valence-electron chi connectivity index (χ0n) is 28.7. The van der Waals surface area contributed by atoms with E-state index in [2.05, 4.69) is 20.9 Å². The molecule has 2 atom stereocenters. The highest BCUT2D eigenvalue weighted by Gasteiger charge is 2.38. The van der Waals surface area contributed by atoms with Gasteiger partial charge in [0.1, 0.15) is 5.54 Å². The first kappa shape index (κ1) is 38.1. The molecule has 1 saturated heterocycles. The van der Waals surface area contributed by atoms with E-state index in [4.69, 9.17) is 5.73 Å². The summed E-state index contributed by atoms with van der Waals surface area (Å²) in [5.74, 6) is 0.676. The van der Waals surface area contributed by atoms with Gasteiger partial charge in [-0.1, -0.05) is 110 Å². The zero-order valence-corrected chi connectivity index (χ0v) is 29.5. The number of nitrogens with zero attached hydrogens (tertiary/aromatic N) is 1. The van der Waals surface area contributed by atoms with Gasteiger partial charge in [-0.15, -0.1) is 12.4 Å². The van der Waals surface area contributed by atoms with E-state index in [9.17, 15) is 14.4 Å². The van der Waals surface area contributed by atoms with E-state index in [-0.39, 0.29) is 55.9 Å². The predicted octanol–water partition coefficient (Wildman–Crippen LogP) is 5.54. The van der Waals surface area contributed by atoms with Crippen molar-refractivity contribution in [2.75, 3.05) is 32.7 Å². The summed E-state index contributed by atoms with van der Waals surface area (Å²) in [7, 11) is 0. The van der Waals surface area contributed by atoms with Gasteiger partial charge in [0.25, 0.3) is 0 Å². The van der Waals surface area contributed by atoms with Gasteiger partial charge in [0.05, 0.1) is 6.04 Å². The highest BCUT2D eigenvalue weighted by Crippen LogP contribution is 2.37. The lowest BCUT2D eigenvalue weighted by Crippen LogP contribution is -2.48. The van der Waals surface area contributed by atoms with Gasteiger partial charge in [0, 0.05) is 39.0 Å². The van der Waals surface area contributed by atoms with Gasteiger partial charge in [-0.05, 0) is 67.2 Å². The molecule has 5 rings (SSSR count). The normalized spacial score (nSPS) is 17.7. The molecular weight excluding hydrogens is 634 g/mol. The third-order valence-corrected chi connectivity index (χ3v) is 10.0. The molecular formula is C40H54ClN5O3. The Bertz CT molecular complexity index is 1340. The Balaban J connectivity index is 0.00000541. The first-order chi connectivity index (χ1) is 23.4. The van der Waals surface area contributed by atoms with Gasteiger partial charge >= 0.3 is 0 Å². The molecule has 264 valence electrons. The van der Waals surface area contributed by atoms with Crippen LogP contribution in [-0.4, -0.2) is 61.4 Å². The zero-order chi connectivity index (χ0) is 33.6. The van der Waals surface area contributed by atoms with Crippen LogP contribution in [0, 0.1) is 11.8 Å². The Morgan fingerprint density at radius 2 is 1.27 bits per heavy atom. The molecule has 49 heavy (non-hydrogen) atoms. The van der Waals surface area contributed by atoms with Crippen molar-refractivity contribution < 1.29 is 14.4 Å². The van der Waals surface area contributed by atoms with Crippen LogP contribution in [0.4, 0.5) is 0 Å². The number of benzene rings is 3. The van der Waals surface area contributed by atoms with E-state index in [0.717, 1.165) is 35.6 Å². The minimum absolute atomic E-state index is 0.